The van der Waals surface area contributed by atoms with Crippen LogP contribution in [-0.4, -0.2) is 62.2 Å². The van der Waals surface area contributed by atoms with Gasteiger partial charge in [0.2, 0.25) is 0 Å². The van der Waals surface area contributed by atoms with E-state index in [0.29, 0.717) is 6.04 Å². The van der Waals surface area contributed by atoms with Crippen molar-refractivity contribution in [3.63, 3.8) is 0 Å². The van der Waals surface area contributed by atoms with Gasteiger partial charge < -0.3 is 10.2 Å². The Morgan fingerprint density at radius 1 is 1.53 bits per heavy atom. The molecular weight excluding hydrogens is 212 g/mol. The lowest BCUT2D eigenvalue weighted by molar-refractivity contribution is 0.199. The lowest BCUT2D eigenvalue weighted by Gasteiger charge is -2.28. The molecule has 1 rings (SSSR count). The van der Waals surface area contributed by atoms with E-state index in [2.05, 4.69) is 42.2 Å². The number of hydrogen-bond acceptors (Lipinski definition) is 4. The molecule has 0 radical (unpaired) electrons. The molecule has 0 amide bonds. The molecule has 1 heterocycles. The van der Waals surface area contributed by atoms with Gasteiger partial charge in [0.15, 0.2) is 0 Å². The van der Waals surface area contributed by atoms with Crippen molar-refractivity contribution in [2.24, 2.45) is 0 Å². The Morgan fingerprint density at radius 2 is 2.29 bits per heavy atom. The number of nitrogens with zero attached hydrogens (tertiary/aromatic N) is 3. The maximum atomic E-state index is 9.13. The Balaban J connectivity index is 2.39. The van der Waals surface area contributed by atoms with Crippen molar-refractivity contribution >= 4 is 0 Å². The fourth-order valence-electron chi connectivity index (χ4n) is 2.47. The van der Waals surface area contributed by atoms with Crippen LogP contribution < -0.4 is 5.32 Å². The van der Waals surface area contributed by atoms with Crippen LogP contribution in [0.1, 0.15) is 26.2 Å². The first-order valence-electron chi connectivity index (χ1n) is 6.69. The predicted molar refractivity (Wildman–Crippen MR) is 70.8 cm³/mol. The highest BCUT2D eigenvalue weighted by Crippen LogP contribution is 2.17. The molecule has 0 bridgehead atoms. The van der Waals surface area contributed by atoms with Crippen molar-refractivity contribution < 1.29 is 0 Å². The summed E-state index contributed by atoms with van der Waals surface area (Å²) in [6, 6.07) is 2.98. The highest BCUT2D eigenvalue weighted by atomic mass is 15.2. The zero-order valence-electron chi connectivity index (χ0n) is 11.4. The van der Waals surface area contributed by atoms with Crippen molar-refractivity contribution in [1.29, 1.82) is 5.26 Å². The molecule has 17 heavy (non-hydrogen) atoms. The summed E-state index contributed by atoms with van der Waals surface area (Å²) in [7, 11) is 4.24. The van der Waals surface area contributed by atoms with Gasteiger partial charge in [0, 0.05) is 19.1 Å². The molecule has 0 aliphatic carbocycles. The van der Waals surface area contributed by atoms with Gasteiger partial charge in [-0.15, -0.1) is 0 Å². The van der Waals surface area contributed by atoms with Gasteiger partial charge in [0.1, 0.15) is 6.04 Å². The minimum absolute atomic E-state index is 0.0160. The first kappa shape index (κ1) is 14.4. The van der Waals surface area contributed by atoms with Crippen LogP contribution >= 0.6 is 0 Å². The van der Waals surface area contributed by atoms with Crippen LogP contribution in [0.3, 0.4) is 0 Å². The van der Waals surface area contributed by atoms with E-state index >= 15 is 0 Å². The molecule has 0 aromatic heterocycles. The third-order valence-electron chi connectivity index (χ3n) is 3.29. The third-order valence-corrected chi connectivity index (χ3v) is 3.29. The first-order chi connectivity index (χ1) is 8.17. The molecule has 1 N–H and O–H groups in total. The fourth-order valence-corrected chi connectivity index (χ4v) is 2.47. The highest BCUT2D eigenvalue weighted by Gasteiger charge is 2.26. The lowest BCUT2D eigenvalue weighted by Crippen LogP contribution is -2.45. The molecule has 1 saturated heterocycles. The molecule has 2 unspecified atom stereocenters. The fraction of sp³-hybridized carbons (Fsp3) is 0.923. The molecule has 2 atom stereocenters. The smallest absolute Gasteiger partial charge is 0.108 e. The normalized spacial score (nSPS) is 22.9. The molecule has 0 aromatic rings. The average molecular weight is 238 g/mol. The monoisotopic (exact) mass is 238 g/mol. The summed E-state index contributed by atoms with van der Waals surface area (Å²) in [6.45, 7) is 6.18. The van der Waals surface area contributed by atoms with Gasteiger partial charge in [-0.05, 0) is 46.4 Å². The summed E-state index contributed by atoms with van der Waals surface area (Å²) in [6.07, 6.45) is 3.62. The number of hydrogen-bond donors (Lipinski definition) is 1. The van der Waals surface area contributed by atoms with Crippen molar-refractivity contribution in [3.05, 3.63) is 0 Å². The van der Waals surface area contributed by atoms with Crippen LogP contribution in [0.15, 0.2) is 0 Å². The number of nitriles is 1. The molecule has 98 valence electrons. The molecule has 1 aliphatic rings. The number of rotatable bonds is 7. The van der Waals surface area contributed by atoms with E-state index in [1.807, 2.05) is 0 Å². The molecular formula is C13H26N4. The standard InChI is InChI=1S/C13H26N4/c1-4-7-15-12(9-14)10-17-8-5-6-13(17)11-16(2)3/h12-13,15H,4-8,10-11H2,1-3H3. The van der Waals surface area contributed by atoms with E-state index in [1.54, 1.807) is 0 Å². The summed E-state index contributed by atoms with van der Waals surface area (Å²) in [5.74, 6) is 0. The highest BCUT2D eigenvalue weighted by molar-refractivity contribution is 4.94. The Hall–Kier alpha value is -0.630. The van der Waals surface area contributed by atoms with Crippen LogP contribution in [0.25, 0.3) is 0 Å². The van der Waals surface area contributed by atoms with E-state index in [-0.39, 0.29) is 6.04 Å². The second kappa shape index (κ2) is 7.65. The summed E-state index contributed by atoms with van der Waals surface area (Å²) < 4.78 is 0. The Morgan fingerprint density at radius 3 is 2.88 bits per heavy atom. The number of nitrogens with one attached hydrogen (secondary N) is 1. The topological polar surface area (TPSA) is 42.3 Å². The zero-order valence-corrected chi connectivity index (χ0v) is 11.4. The Bertz CT molecular complexity index is 246. The molecule has 0 saturated carbocycles. The maximum Gasteiger partial charge on any atom is 0.108 e. The lowest BCUT2D eigenvalue weighted by atomic mass is 10.2. The molecule has 0 spiro atoms. The van der Waals surface area contributed by atoms with Crippen LogP contribution in [-0.2, 0) is 0 Å². The SMILES string of the molecule is CCCNC(C#N)CN1CCCC1CN(C)C. The minimum atomic E-state index is -0.0160. The van der Waals surface area contributed by atoms with Crippen LogP contribution in [0.5, 0.6) is 0 Å². The molecule has 4 heteroatoms. The molecule has 0 aromatic carbocycles. The first-order valence-corrected chi connectivity index (χ1v) is 6.69. The van der Waals surface area contributed by atoms with Crippen molar-refractivity contribution in [3.8, 4) is 6.07 Å². The van der Waals surface area contributed by atoms with Gasteiger partial charge in [0.05, 0.1) is 6.07 Å². The Kier molecular flexibility index (Phi) is 6.49. The van der Waals surface area contributed by atoms with E-state index in [0.717, 1.165) is 32.6 Å². The van der Waals surface area contributed by atoms with E-state index in [1.165, 1.54) is 12.8 Å². The quantitative estimate of drug-likeness (QED) is 0.716. The predicted octanol–water partition coefficient (Wildman–Crippen LogP) is 0.904. The summed E-state index contributed by atoms with van der Waals surface area (Å²) in [5.41, 5.74) is 0. The van der Waals surface area contributed by atoms with Crippen molar-refractivity contribution in [1.82, 2.24) is 15.1 Å². The summed E-state index contributed by atoms with van der Waals surface area (Å²) >= 11 is 0. The number of likely N-dealkylation sites (tertiary alicyclic amines) is 1. The van der Waals surface area contributed by atoms with Crippen molar-refractivity contribution in [2.75, 3.05) is 40.3 Å². The van der Waals surface area contributed by atoms with Crippen molar-refractivity contribution in [2.45, 2.75) is 38.3 Å². The van der Waals surface area contributed by atoms with Gasteiger partial charge in [-0.3, -0.25) is 4.90 Å². The molecule has 4 nitrogen and oxygen atoms in total. The summed E-state index contributed by atoms with van der Waals surface area (Å²) in [5, 5.41) is 12.4. The van der Waals surface area contributed by atoms with Gasteiger partial charge in [-0.25, -0.2) is 0 Å². The van der Waals surface area contributed by atoms with Gasteiger partial charge in [0.25, 0.3) is 0 Å². The second-order valence-corrected chi connectivity index (χ2v) is 5.19. The number of likely N-dealkylation sites (N-methyl/N-ethyl adjacent to an activating group) is 1. The zero-order chi connectivity index (χ0) is 12.7. The maximum absolute atomic E-state index is 9.13. The largest absolute Gasteiger partial charge is 0.308 e. The van der Waals surface area contributed by atoms with Crippen LogP contribution in [0.4, 0.5) is 0 Å². The van der Waals surface area contributed by atoms with Crippen LogP contribution in [0, 0.1) is 11.3 Å². The van der Waals surface area contributed by atoms with Gasteiger partial charge in [-0.1, -0.05) is 6.92 Å². The molecule has 1 aliphatic heterocycles. The minimum Gasteiger partial charge on any atom is -0.308 e. The molecule has 1 fully saturated rings. The third kappa shape index (κ3) is 5.03. The van der Waals surface area contributed by atoms with Gasteiger partial charge >= 0.3 is 0 Å². The average Bonchev–Trinajstić information content (AvgIpc) is 2.70. The van der Waals surface area contributed by atoms with E-state index in [4.69, 9.17) is 5.26 Å². The van der Waals surface area contributed by atoms with E-state index < -0.39 is 0 Å². The summed E-state index contributed by atoms with van der Waals surface area (Å²) in [4.78, 5) is 4.71. The second-order valence-electron chi connectivity index (χ2n) is 5.19. The van der Waals surface area contributed by atoms with E-state index in [9.17, 15) is 0 Å². The van der Waals surface area contributed by atoms with Crippen LogP contribution in [0.2, 0.25) is 0 Å². The Labute approximate surface area is 106 Å². The van der Waals surface area contributed by atoms with Gasteiger partial charge in [-0.2, -0.15) is 5.26 Å².